The third-order valence-corrected chi connectivity index (χ3v) is 5.67. The molecular formula is C24H26N2O3. The van der Waals surface area contributed by atoms with Gasteiger partial charge in [0, 0.05) is 24.6 Å². The molecule has 2 aliphatic rings. The summed E-state index contributed by atoms with van der Waals surface area (Å²) in [6, 6.07) is 14.9. The number of benzene rings is 2. The van der Waals surface area contributed by atoms with Crippen molar-refractivity contribution in [2.45, 2.75) is 39.7 Å². The lowest BCUT2D eigenvalue weighted by atomic mass is 9.73. The highest BCUT2D eigenvalue weighted by molar-refractivity contribution is 6.05. The van der Waals surface area contributed by atoms with Crippen LogP contribution in [0.5, 0.6) is 5.75 Å². The smallest absolute Gasteiger partial charge is 0.224 e. The summed E-state index contributed by atoms with van der Waals surface area (Å²) in [6.07, 6.45) is 1.21. The highest BCUT2D eigenvalue weighted by Crippen LogP contribution is 2.48. The highest BCUT2D eigenvalue weighted by atomic mass is 16.5. The predicted molar refractivity (Wildman–Crippen MR) is 114 cm³/mol. The van der Waals surface area contributed by atoms with Crippen LogP contribution in [0.4, 0.5) is 11.4 Å². The van der Waals surface area contributed by atoms with Crippen molar-refractivity contribution < 1.29 is 14.3 Å². The Balaban J connectivity index is 1.98. The van der Waals surface area contributed by atoms with Gasteiger partial charge in [-0.2, -0.15) is 0 Å². The molecule has 0 saturated heterocycles. The van der Waals surface area contributed by atoms with E-state index in [1.165, 1.54) is 0 Å². The molecule has 1 atom stereocenters. The summed E-state index contributed by atoms with van der Waals surface area (Å²) in [5, 5.41) is 3.49. The van der Waals surface area contributed by atoms with Gasteiger partial charge in [0.05, 0.1) is 24.5 Å². The number of ether oxygens (including phenoxy) is 1. The first-order valence-electron chi connectivity index (χ1n) is 9.87. The number of nitrogens with zero attached hydrogens (tertiary/aromatic N) is 1. The van der Waals surface area contributed by atoms with E-state index in [0.717, 1.165) is 34.8 Å². The number of hydrogen-bond acceptors (Lipinski definition) is 4. The Kier molecular flexibility index (Phi) is 4.69. The maximum absolute atomic E-state index is 13.4. The molecule has 0 saturated carbocycles. The van der Waals surface area contributed by atoms with Crippen molar-refractivity contribution in [1.82, 2.24) is 0 Å². The molecule has 1 N–H and O–H groups in total. The lowest BCUT2D eigenvalue weighted by Crippen LogP contribution is -2.38. The van der Waals surface area contributed by atoms with Crippen LogP contribution in [0.2, 0.25) is 0 Å². The maximum Gasteiger partial charge on any atom is 0.224 e. The van der Waals surface area contributed by atoms with Gasteiger partial charge >= 0.3 is 0 Å². The van der Waals surface area contributed by atoms with Gasteiger partial charge in [0.25, 0.3) is 0 Å². The van der Waals surface area contributed by atoms with Gasteiger partial charge in [0.1, 0.15) is 5.75 Å². The number of methoxy groups -OCH3 is 1. The van der Waals surface area contributed by atoms with Crippen molar-refractivity contribution in [3.05, 3.63) is 65.4 Å². The Morgan fingerprint density at radius 1 is 1.10 bits per heavy atom. The van der Waals surface area contributed by atoms with E-state index in [-0.39, 0.29) is 17.1 Å². The SMILES string of the molecule is COc1ccc([C@@H]2C3=C(CC(C)(C)CC3=O)Nc3ccccc3N2C(C)=O)cc1. The van der Waals surface area contributed by atoms with Gasteiger partial charge in [-0.1, -0.05) is 38.1 Å². The zero-order valence-electron chi connectivity index (χ0n) is 17.3. The molecule has 0 radical (unpaired) electrons. The van der Waals surface area contributed by atoms with Gasteiger partial charge in [-0.25, -0.2) is 0 Å². The maximum atomic E-state index is 13.4. The number of ketones is 1. The van der Waals surface area contributed by atoms with Crippen molar-refractivity contribution in [3.63, 3.8) is 0 Å². The zero-order chi connectivity index (χ0) is 20.8. The Bertz CT molecular complexity index is 1010. The van der Waals surface area contributed by atoms with E-state index in [9.17, 15) is 9.59 Å². The topological polar surface area (TPSA) is 58.6 Å². The average Bonchev–Trinajstić information content (AvgIpc) is 2.81. The number of carbonyl (C=O) groups is 2. The summed E-state index contributed by atoms with van der Waals surface area (Å²) in [5.41, 5.74) is 3.97. The van der Waals surface area contributed by atoms with Gasteiger partial charge in [-0.15, -0.1) is 0 Å². The van der Waals surface area contributed by atoms with E-state index in [0.29, 0.717) is 12.0 Å². The van der Waals surface area contributed by atoms with Crippen LogP contribution < -0.4 is 15.0 Å². The number of hydrogen-bond donors (Lipinski definition) is 1. The minimum Gasteiger partial charge on any atom is -0.497 e. The Morgan fingerprint density at radius 3 is 2.45 bits per heavy atom. The molecule has 1 heterocycles. The first-order valence-corrected chi connectivity index (χ1v) is 9.87. The van der Waals surface area contributed by atoms with Crippen LogP contribution in [0.1, 0.15) is 45.2 Å². The van der Waals surface area contributed by atoms with E-state index >= 15 is 0 Å². The Morgan fingerprint density at radius 2 is 1.79 bits per heavy atom. The second-order valence-electron chi connectivity index (χ2n) is 8.54. The summed E-state index contributed by atoms with van der Waals surface area (Å²) < 4.78 is 5.29. The van der Waals surface area contributed by atoms with Crippen molar-refractivity contribution in [2.24, 2.45) is 5.41 Å². The van der Waals surface area contributed by atoms with Crippen molar-refractivity contribution >= 4 is 23.1 Å². The number of Topliss-reactive ketones (excluding diaryl/α,β-unsaturated/α-hetero) is 1. The summed E-state index contributed by atoms with van der Waals surface area (Å²) in [4.78, 5) is 28.0. The molecule has 0 bridgehead atoms. The molecule has 0 fully saturated rings. The van der Waals surface area contributed by atoms with E-state index in [2.05, 4.69) is 19.2 Å². The number of rotatable bonds is 2. The summed E-state index contributed by atoms with van der Waals surface area (Å²) in [5.74, 6) is 0.718. The van der Waals surface area contributed by atoms with Crippen LogP contribution in [-0.2, 0) is 9.59 Å². The van der Waals surface area contributed by atoms with Crippen LogP contribution in [0.3, 0.4) is 0 Å². The fourth-order valence-electron chi connectivity index (χ4n) is 4.44. The van der Waals surface area contributed by atoms with Crippen LogP contribution >= 0.6 is 0 Å². The average molecular weight is 390 g/mol. The second kappa shape index (κ2) is 7.07. The number of nitrogens with one attached hydrogen (secondary N) is 1. The van der Waals surface area contributed by atoms with Gasteiger partial charge in [-0.3, -0.25) is 14.5 Å². The van der Waals surface area contributed by atoms with Crippen LogP contribution in [0.25, 0.3) is 0 Å². The standard InChI is InChI=1S/C24H26N2O3/c1-15(27)26-20-8-6-5-7-18(20)25-19-13-24(2,3)14-21(28)22(19)23(26)16-9-11-17(29-4)12-10-16/h5-12,23,25H,13-14H2,1-4H3/t23-/m1/s1. The summed E-state index contributed by atoms with van der Waals surface area (Å²) in [6.45, 7) is 5.77. The number of allylic oxidation sites excluding steroid dienone is 1. The first kappa shape index (κ1) is 19.2. The first-order chi connectivity index (χ1) is 13.8. The third-order valence-electron chi connectivity index (χ3n) is 5.67. The number of anilines is 2. The van der Waals surface area contributed by atoms with Crippen molar-refractivity contribution in [1.29, 1.82) is 0 Å². The van der Waals surface area contributed by atoms with Crippen LogP contribution in [0.15, 0.2) is 59.8 Å². The van der Waals surface area contributed by atoms with Gasteiger partial charge in [0.2, 0.25) is 5.91 Å². The molecule has 4 rings (SSSR count). The summed E-state index contributed by atoms with van der Waals surface area (Å²) >= 11 is 0. The van der Waals surface area contributed by atoms with Gasteiger partial charge < -0.3 is 10.1 Å². The molecule has 2 aromatic rings. The fraction of sp³-hybridized carbons (Fsp3) is 0.333. The molecule has 150 valence electrons. The van der Waals surface area contributed by atoms with E-state index in [4.69, 9.17) is 4.74 Å². The molecule has 5 heteroatoms. The monoisotopic (exact) mass is 390 g/mol. The minimum atomic E-state index is -0.479. The van der Waals surface area contributed by atoms with E-state index < -0.39 is 6.04 Å². The lowest BCUT2D eigenvalue weighted by molar-refractivity contribution is -0.118. The largest absolute Gasteiger partial charge is 0.497 e. The van der Waals surface area contributed by atoms with Gasteiger partial charge in [-0.05, 0) is 41.7 Å². The normalized spacial score (nSPS) is 20.3. The summed E-state index contributed by atoms with van der Waals surface area (Å²) in [7, 11) is 1.62. The molecule has 1 amide bonds. The number of fused-ring (bicyclic) bond motifs is 1. The molecule has 0 unspecified atom stereocenters. The number of para-hydroxylation sites is 2. The number of carbonyl (C=O) groups excluding carboxylic acids is 2. The van der Waals surface area contributed by atoms with Gasteiger partial charge in [0.15, 0.2) is 5.78 Å². The number of amides is 1. The molecule has 0 spiro atoms. The molecule has 1 aliphatic heterocycles. The molecule has 2 aromatic carbocycles. The zero-order valence-corrected chi connectivity index (χ0v) is 17.3. The Hall–Kier alpha value is -3.08. The van der Waals surface area contributed by atoms with Crippen LogP contribution in [-0.4, -0.2) is 18.8 Å². The lowest BCUT2D eigenvalue weighted by Gasteiger charge is -2.36. The van der Waals surface area contributed by atoms with Crippen molar-refractivity contribution in [3.8, 4) is 5.75 Å². The molecular weight excluding hydrogens is 364 g/mol. The van der Waals surface area contributed by atoms with Crippen LogP contribution in [0, 0.1) is 5.41 Å². The molecule has 0 aromatic heterocycles. The predicted octanol–water partition coefficient (Wildman–Crippen LogP) is 4.86. The highest BCUT2D eigenvalue weighted by Gasteiger charge is 2.42. The second-order valence-corrected chi connectivity index (χ2v) is 8.54. The molecule has 1 aliphatic carbocycles. The van der Waals surface area contributed by atoms with Crippen molar-refractivity contribution in [2.75, 3.05) is 17.3 Å². The van der Waals surface area contributed by atoms with E-state index in [1.807, 2.05) is 48.5 Å². The third kappa shape index (κ3) is 3.41. The molecule has 5 nitrogen and oxygen atoms in total. The van der Waals surface area contributed by atoms with E-state index in [1.54, 1.807) is 18.9 Å². The minimum absolute atomic E-state index is 0.0867. The quantitative estimate of drug-likeness (QED) is 0.796. The molecule has 29 heavy (non-hydrogen) atoms. The Labute approximate surface area is 171 Å². The fourth-order valence-corrected chi connectivity index (χ4v) is 4.44.